The molecule has 2 amide bonds. The van der Waals surface area contributed by atoms with Crippen LogP contribution in [0.3, 0.4) is 0 Å². The number of imide groups is 1. The van der Waals surface area contributed by atoms with Gasteiger partial charge in [-0.05, 0) is 99.0 Å². The Kier molecular flexibility index (Phi) is 8.18. The van der Waals surface area contributed by atoms with Gasteiger partial charge in [0.25, 0.3) is 16.8 Å². The summed E-state index contributed by atoms with van der Waals surface area (Å²) in [5.41, 5.74) is 3.84. The lowest BCUT2D eigenvalue weighted by Gasteiger charge is -2.28. The van der Waals surface area contributed by atoms with E-state index < -0.39 is 0 Å². The number of anilines is 1. The maximum atomic E-state index is 13.0. The van der Waals surface area contributed by atoms with E-state index in [4.69, 9.17) is 16.3 Å². The van der Waals surface area contributed by atoms with Crippen molar-refractivity contribution in [1.82, 2.24) is 9.47 Å². The summed E-state index contributed by atoms with van der Waals surface area (Å²) >= 11 is 6.78. The van der Waals surface area contributed by atoms with E-state index in [1.165, 1.54) is 4.90 Å². The number of hydrogen-bond donors (Lipinski definition) is 0. The largest absolute Gasteiger partial charge is 0.492 e. The van der Waals surface area contributed by atoms with Crippen LogP contribution in [0.4, 0.5) is 16.2 Å². The third-order valence-electron chi connectivity index (χ3n) is 7.14. The summed E-state index contributed by atoms with van der Waals surface area (Å²) in [5, 5.41) is 12.2. The van der Waals surface area contributed by atoms with Gasteiger partial charge in [-0.2, -0.15) is 0 Å². The summed E-state index contributed by atoms with van der Waals surface area (Å²) < 4.78 is 7.58. The lowest BCUT2D eigenvalue weighted by atomic mass is 10.1. The lowest BCUT2D eigenvalue weighted by molar-refractivity contribution is -0.384. The van der Waals surface area contributed by atoms with Crippen LogP contribution in [0.1, 0.15) is 36.2 Å². The summed E-state index contributed by atoms with van der Waals surface area (Å²) in [5.74, 6) is 0.226. The number of halogens is 1. The van der Waals surface area contributed by atoms with E-state index in [9.17, 15) is 19.7 Å². The first-order valence-corrected chi connectivity index (χ1v) is 14.3. The van der Waals surface area contributed by atoms with Gasteiger partial charge in [0.05, 0.1) is 22.1 Å². The second-order valence-corrected chi connectivity index (χ2v) is 11.2. The number of ether oxygens (including phenoxy) is 1. The Balaban J connectivity index is 1.35. The van der Waals surface area contributed by atoms with Gasteiger partial charge in [-0.3, -0.25) is 24.6 Å². The van der Waals surface area contributed by atoms with Crippen LogP contribution < -0.4 is 9.64 Å². The van der Waals surface area contributed by atoms with Crippen molar-refractivity contribution in [2.24, 2.45) is 0 Å². The van der Waals surface area contributed by atoms with Crippen molar-refractivity contribution in [3.8, 4) is 11.4 Å². The second kappa shape index (κ2) is 11.8. The number of amides is 2. The van der Waals surface area contributed by atoms with E-state index in [1.54, 1.807) is 36.4 Å². The van der Waals surface area contributed by atoms with Crippen LogP contribution in [0.5, 0.6) is 5.75 Å². The number of nitro groups is 1. The van der Waals surface area contributed by atoms with Gasteiger partial charge in [-0.1, -0.05) is 11.6 Å². The molecule has 2 saturated heterocycles. The maximum Gasteiger partial charge on any atom is 0.294 e. The molecule has 3 heterocycles. The van der Waals surface area contributed by atoms with Crippen molar-refractivity contribution in [3.63, 3.8) is 0 Å². The Morgan fingerprint density at radius 3 is 2.48 bits per heavy atom. The average Bonchev–Trinajstić information content (AvgIpc) is 3.38. The molecule has 0 bridgehead atoms. The minimum Gasteiger partial charge on any atom is -0.492 e. The van der Waals surface area contributed by atoms with Gasteiger partial charge in [0.15, 0.2) is 0 Å². The Morgan fingerprint density at radius 1 is 1.05 bits per heavy atom. The molecule has 40 heavy (non-hydrogen) atoms. The Morgan fingerprint density at radius 2 is 1.77 bits per heavy atom. The molecule has 0 atom stereocenters. The molecule has 2 fully saturated rings. The summed E-state index contributed by atoms with van der Waals surface area (Å²) in [6.45, 7) is 5.72. The summed E-state index contributed by atoms with van der Waals surface area (Å²) in [4.78, 5) is 40.9. The fourth-order valence-corrected chi connectivity index (χ4v) is 6.13. The molecule has 208 valence electrons. The van der Waals surface area contributed by atoms with E-state index in [-0.39, 0.29) is 34.9 Å². The number of hydrogen-bond acceptors (Lipinski definition) is 7. The minimum absolute atomic E-state index is 0.0791. The normalized spacial score (nSPS) is 16.7. The average molecular weight is 581 g/mol. The molecule has 11 heteroatoms. The number of thioether (sulfide) groups is 1. The first kappa shape index (κ1) is 27.8. The van der Waals surface area contributed by atoms with Crippen LogP contribution in [-0.4, -0.2) is 51.8 Å². The number of nitro benzene ring substituents is 1. The quantitative estimate of drug-likeness (QED) is 0.165. The van der Waals surface area contributed by atoms with E-state index in [0.717, 1.165) is 61.1 Å². The summed E-state index contributed by atoms with van der Waals surface area (Å²) in [6, 6.07) is 14.1. The van der Waals surface area contributed by atoms with Crippen LogP contribution in [0.15, 0.2) is 53.4 Å². The van der Waals surface area contributed by atoms with Gasteiger partial charge in [-0.15, -0.1) is 0 Å². The number of carbonyl (C=O) groups is 2. The molecule has 0 radical (unpaired) electrons. The van der Waals surface area contributed by atoms with Crippen LogP contribution in [0.2, 0.25) is 5.02 Å². The highest BCUT2D eigenvalue weighted by Crippen LogP contribution is 2.36. The van der Waals surface area contributed by atoms with Crippen LogP contribution in [0, 0.1) is 24.0 Å². The predicted octanol–water partition coefficient (Wildman–Crippen LogP) is 6.76. The topological polar surface area (TPSA) is 97.9 Å². The van der Waals surface area contributed by atoms with Crippen LogP contribution in [-0.2, 0) is 4.79 Å². The fraction of sp³-hybridized carbons (Fsp3) is 0.310. The van der Waals surface area contributed by atoms with Crippen molar-refractivity contribution >= 4 is 52.0 Å². The number of benzene rings is 2. The van der Waals surface area contributed by atoms with Crippen molar-refractivity contribution in [1.29, 1.82) is 0 Å². The highest BCUT2D eigenvalue weighted by molar-refractivity contribution is 8.18. The van der Waals surface area contributed by atoms with E-state index >= 15 is 0 Å². The second-order valence-electron chi connectivity index (χ2n) is 9.78. The number of rotatable bonds is 8. The number of aryl methyl sites for hydroxylation is 1. The number of carbonyl (C=O) groups excluding carboxylic acids is 2. The highest BCUT2D eigenvalue weighted by atomic mass is 35.5. The Labute approximate surface area is 241 Å². The molecule has 0 aliphatic carbocycles. The monoisotopic (exact) mass is 580 g/mol. The maximum absolute atomic E-state index is 13.0. The molecule has 3 aromatic rings. The van der Waals surface area contributed by atoms with Gasteiger partial charge in [0, 0.05) is 35.6 Å². The van der Waals surface area contributed by atoms with Crippen molar-refractivity contribution in [2.45, 2.75) is 33.1 Å². The SMILES string of the molecule is Cc1cc(/C=C2\SC(=O)N(CCOc3ccc(Cl)cc3)C2=O)c(C)n1-c1ccc(N2CCCCC2)c([N+](=O)[O-])c1. The predicted molar refractivity (Wildman–Crippen MR) is 158 cm³/mol. The molecule has 0 N–H and O–H groups in total. The molecule has 2 aliphatic heterocycles. The van der Waals surface area contributed by atoms with Crippen molar-refractivity contribution in [3.05, 3.63) is 85.5 Å². The molecule has 0 saturated carbocycles. The molecule has 2 aromatic carbocycles. The van der Waals surface area contributed by atoms with Crippen molar-refractivity contribution in [2.75, 3.05) is 31.1 Å². The molecule has 0 spiro atoms. The van der Waals surface area contributed by atoms with Gasteiger partial charge in [0.2, 0.25) is 0 Å². The molecular weight excluding hydrogens is 552 g/mol. The Bertz CT molecular complexity index is 1490. The zero-order chi connectivity index (χ0) is 28.4. The summed E-state index contributed by atoms with van der Waals surface area (Å²) in [6.07, 6.45) is 4.90. The van der Waals surface area contributed by atoms with Gasteiger partial charge >= 0.3 is 0 Å². The van der Waals surface area contributed by atoms with Crippen LogP contribution in [0.25, 0.3) is 11.8 Å². The minimum atomic E-state index is -0.374. The zero-order valence-corrected chi connectivity index (χ0v) is 23.8. The molecule has 5 rings (SSSR count). The van der Waals surface area contributed by atoms with Crippen LogP contribution >= 0.6 is 23.4 Å². The standard InChI is InChI=1S/C29H29ClN4O5S/c1-19-16-21(17-27-28(35)32(29(36)40-27)14-15-39-24-9-6-22(30)7-10-24)20(2)33(19)23-8-11-25(26(18-23)34(37)38)31-12-4-3-5-13-31/h6-11,16-18H,3-5,12-15H2,1-2H3/b27-17-. The van der Waals surface area contributed by atoms with E-state index in [1.807, 2.05) is 36.6 Å². The zero-order valence-electron chi connectivity index (χ0n) is 22.3. The Hall–Kier alpha value is -3.76. The fourth-order valence-electron chi connectivity index (χ4n) is 5.15. The summed E-state index contributed by atoms with van der Waals surface area (Å²) in [7, 11) is 0. The van der Waals surface area contributed by atoms with Gasteiger partial charge < -0.3 is 14.2 Å². The molecule has 9 nitrogen and oxygen atoms in total. The smallest absolute Gasteiger partial charge is 0.294 e. The number of piperidine rings is 1. The van der Waals surface area contributed by atoms with Gasteiger partial charge in [0.1, 0.15) is 18.0 Å². The lowest BCUT2D eigenvalue weighted by Crippen LogP contribution is -2.32. The first-order valence-electron chi connectivity index (χ1n) is 13.1. The number of nitrogens with zero attached hydrogens (tertiary/aromatic N) is 4. The number of aromatic nitrogens is 1. The molecular formula is C29H29ClN4O5S. The molecule has 2 aliphatic rings. The first-order chi connectivity index (χ1) is 19.2. The van der Waals surface area contributed by atoms with Gasteiger partial charge in [-0.25, -0.2) is 0 Å². The third-order valence-corrected chi connectivity index (χ3v) is 8.30. The third kappa shape index (κ3) is 5.73. The molecule has 0 unspecified atom stereocenters. The molecule has 1 aromatic heterocycles. The highest BCUT2D eigenvalue weighted by Gasteiger charge is 2.35. The van der Waals surface area contributed by atoms with E-state index in [2.05, 4.69) is 4.90 Å². The van der Waals surface area contributed by atoms with Crippen molar-refractivity contribution < 1.29 is 19.2 Å². The van der Waals surface area contributed by atoms with E-state index in [0.29, 0.717) is 27.1 Å².